The number of likely N-dealkylation sites (N-methyl/N-ethyl adjacent to an activating group) is 1. The first-order chi connectivity index (χ1) is 7.17. The van der Waals surface area contributed by atoms with Crippen LogP contribution in [0.15, 0.2) is 18.2 Å². The maximum atomic E-state index is 6.03. The third kappa shape index (κ3) is 3.93. The first-order valence-corrected chi connectivity index (χ1v) is 5.80. The Hall–Kier alpha value is -0.380. The Labute approximate surface area is 102 Å². The lowest BCUT2D eigenvalue weighted by atomic mass is 10.1. The van der Waals surface area contributed by atoms with Gasteiger partial charge in [-0.25, -0.2) is 0 Å². The minimum Gasteiger partial charge on any atom is -0.495 e. The number of hydrogen-bond acceptors (Lipinski definition) is 3. The summed E-state index contributed by atoms with van der Waals surface area (Å²) in [6.07, 6.45) is 0.973. The first-order valence-electron chi connectivity index (χ1n) is 4.79. The van der Waals surface area contributed by atoms with Gasteiger partial charge in [-0.15, -0.1) is 0 Å². The molecule has 0 saturated heterocycles. The van der Waals surface area contributed by atoms with Crippen LogP contribution in [0.2, 0.25) is 5.02 Å². The van der Waals surface area contributed by atoms with E-state index in [1.54, 1.807) is 7.11 Å². The van der Waals surface area contributed by atoms with Gasteiger partial charge >= 0.3 is 0 Å². The molecule has 84 valence electrons. The van der Waals surface area contributed by atoms with Crippen molar-refractivity contribution in [2.24, 2.45) is 0 Å². The number of thiol groups is 1. The van der Waals surface area contributed by atoms with Gasteiger partial charge in [0.15, 0.2) is 0 Å². The van der Waals surface area contributed by atoms with E-state index in [0.717, 1.165) is 24.6 Å². The molecule has 1 aromatic carbocycles. The number of nitrogens with zero attached hydrogens (tertiary/aromatic N) is 1. The fourth-order valence-corrected chi connectivity index (χ4v) is 1.68. The first kappa shape index (κ1) is 12.7. The second-order valence-corrected chi connectivity index (χ2v) is 4.13. The molecule has 1 aromatic rings. The SMILES string of the molecule is COc1ccc(CCN(C)CS)cc1Cl. The molecule has 0 atom stereocenters. The number of halogens is 1. The quantitative estimate of drug-likeness (QED) is 0.633. The monoisotopic (exact) mass is 245 g/mol. The van der Waals surface area contributed by atoms with Crippen molar-refractivity contribution in [2.45, 2.75) is 6.42 Å². The molecule has 0 radical (unpaired) electrons. The maximum Gasteiger partial charge on any atom is 0.137 e. The number of methoxy groups -OCH3 is 1. The summed E-state index contributed by atoms with van der Waals surface area (Å²) >= 11 is 10.2. The average Bonchev–Trinajstić information content (AvgIpc) is 2.26. The lowest BCUT2D eigenvalue weighted by Crippen LogP contribution is -2.19. The summed E-state index contributed by atoms with van der Waals surface area (Å²) in [5.41, 5.74) is 1.22. The molecule has 4 heteroatoms. The van der Waals surface area contributed by atoms with Gasteiger partial charge in [-0.05, 0) is 31.2 Å². The minimum absolute atomic E-state index is 0.670. The van der Waals surface area contributed by atoms with Crippen molar-refractivity contribution in [2.75, 3.05) is 26.6 Å². The molecule has 0 unspecified atom stereocenters. The summed E-state index contributed by atoms with van der Waals surface area (Å²) in [7, 11) is 3.66. The zero-order valence-corrected chi connectivity index (χ0v) is 10.7. The van der Waals surface area contributed by atoms with Gasteiger partial charge in [0.2, 0.25) is 0 Å². The number of rotatable bonds is 5. The highest BCUT2D eigenvalue weighted by Gasteiger charge is 2.02. The number of benzene rings is 1. The van der Waals surface area contributed by atoms with Crippen molar-refractivity contribution in [1.82, 2.24) is 4.90 Å². The Bertz CT molecular complexity index is 319. The van der Waals surface area contributed by atoms with E-state index < -0.39 is 0 Å². The molecular formula is C11H16ClNOS. The number of hydrogen-bond donors (Lipinski definition) is 1. The van der Waals surface area contributed by atoms with Gasteiger partial charge in [0.1, 0.15) is 5.75 Å². The molecule has 2 nitrogen and oxygen atoms in total. The van der Waals surface area contributed by atoms with Crippen LogP contribution < -0.4 is 4.74 Å². The Kier molecular flexibility index (Phi) is 5.29. The molecule has 0 N–H and O–H groups in total. The Balaban J connectivity index is 2.59. The van der Waals surface area contributed by atoms with Gasteiger partial charge < -0.3 is 4.74 Å². The zero-order chi connectivity index (χ0) is 11.3. The molecule has 0 spiro atoms. The predicted molar refractivity (Wildman–Crippen MR) is 68.2 cm³/mol. The van der Waals surface area contributed by atoms with Gasteiger partial charge in [0, 0.05) is 12.4 Å². The summed E-state index contributed by atoms with van der Waals surface area (Å²) < 4.78 is 5.09. The minimum atomic E-state index is 0.670. The molecular weight excluding hydrogens is 230 g/mol. The summed E-state index contributed by atoms with van der Waals surface area (Å²) in [6, 6.07) is 5.89. The van der Waals surface area contributed by atoms with Gasteiger partial charge in [-0.3, -0.25) is 4.90 Å². The van der Waals surface area contributed by atoms with Crippen LogP contribution in [-0.4, -0.2) is 31.5 Å². The molecule has 0 heterocycles. The standard InChI is InChI=1S/C11H16ClNOS/c1-13(8-15)6-5-9-3-4-11(14-2)10(12)7-9/h3-4,7,15H,5-6,8H2,1-2H3. The molecule has 0 aliphatic carbocycles. The predicted octanol–water partition coefficient (Wildman–Crippen LogP) is 2.71. The third-order valence-corrected chi connectivity index (χ3v) is 3.02. The van der Waals surface area contributed by atoms with Crippen LogP contribution in [-0.2, 0) is 6.42 Å². The van der Waals surface area contributed by atoms with Crippen LogP contribution in [0.4, 0.5) is 0 Å². The third-order valence-electron chi connectivity index (χ3n) is 2.24. The molecule has 15 heavy (non-hydrogen) atoms. The zero-order valence-electron chi connectivity index (χ0n) is 9.03. The van der Waals surface area contributed by atoms with E-state index in [0.29, 0.717) is 5.02 Å². The largest absolute Gasteiger partial charge is 0.495 e. The van der Waals surface area contributed by atoms with Crippen LogP contribution in [0.1, 0.15) is 5.56 Å². The summed E-state index contributed by atoms with van der Waals surface area (Å²) in [5.74, 6) is 1.49. The van der Waals surface area contributed by atoms with Crippen LogP contribution in [0, 0.1) is 0 Å². The highest BCUT2D eigenvalue weighted by atomic mass is 35.5. The maximum absolute atomic E-state index is 6.03. The lowest BCUT2D eigenvalue weighted by molar-refractivity contribution is 0.398. The summed E-state index contributed by atoms with van der Waals surface area (Å²) in [4.78, 5) is 2.14. The highest BCUT2D eigenvalue weighted by Crippen LogP contribution is 2.25. The lowest BCUT2D eigenvalue weighted by Gasteiger charge is -2.13. The Morgan fingerprint density at radius 2 is 2.20 bits per heavy atom. The van der Waals surface area contributed by atoms with E-state index >= 15 is 0 Å². The van der Waals surface area contributed by atoms with Crippen molar-refractivity contribution >= 4 is 24.2 Å². The van der Waals surface area contributed by atoms with Crippen molar-refractivity contribution in [3.05, 3.63) is 28.8 Å². The molecule has 1 rings (SSSR count). The highest BCUT2D eigenvalue weighted by molar-refractivity contribution is 7.80. The normalized spacial score (nSPS) is 10.7. The average molecular weight is 246 g/mol. The van der Waals surface area contributed by atoms with Gasteiger partial charge in [-0.1, -0.05) is 17.7 Å². The van der Waals surface area contributed by atoms with Crippen molar-refractivity contribution in [1.29, 1.82) is 0 Å². The molecule has 0 bridgehead atoms. The van der Waals surface area contributed by atoms with E-state index in [4.69, 9.17) is 16.3 Å². The van der Waals surface area contributed by atoms with Crippen molar-refractivity contribution < 1.29 is 4.74 Å². The van der Waals surface area contributed by atoms with Crippen molar-refractivity contribution in [3.63, 3.8) is 0 Å². The smallest absolute Gasteiger partial charge is 0.137 e. The fourth-order valence-electron chi connectivity index (χ4n) is 1.26. The van der Waals surface area contributed by atoms with E-state index in [1.165, 1.54) is 5.56 Å². The molecule has 0 aliphatic heterocycles. The number of ether oxygens (including phenoxy) is 1. The summed E-state index contributed by atoms with van der Waals surface area (Å²) in [5, 5.41) is 0.670. The van der Waals surface area contributed by atoms with Crippen molar-refractivity contribution in [3.8, 4) is 5.75 Å². The second kappa shape index (κ2) is 6.26. The van der Waals surface area contributed by atoms with E-state index in [-0.39, 0.29) is 0 Å². The van der Waals surface area contributed by atoms with E-state index in [9.17, 15) is 0 Å². The fraction of sp³-hybridized carbons (Fsp3) is 0.455. The van der Waals surface area contributed by atoms with E-state index in [1.807, 2.05) is 25.2 Å². The Morgan fingerprint density at radius 3 is 2.73 bits per heavy atom. The van der Waals surface area contributed by atoms with Gasteiger partial charge in [0.05, 0.1) is 12.1 Å². The molecule has 0 saturated carbocycles. The van der Waals surface area contributed by atoms with Crippen LogP contribution >= 0.6 is 24.2 Å². The Morgan fingerprint density at radius 1 is 1.47 bits per heavy atom. The van der Waals surface area contributed by atoms with Crippen LogP contribution in [0.25, 0.3) is 0 Å². The molecule has 0 aromatic heterocycles. The van der Waals surface area contributed by atoms with Gasteiger partial charge in [0.25, 0.3) is 0 Å². The molecule has 0 fully saturated rings. The second-order valence-electron chi connectivity index (χ2n) is 3.44. The topological polar surface area (TPSA) is 12.5 Å². The van der Waals surface area contributed by atoms with Gasteiger partial charge in [-0.2, -0.15) is 12.6 Å². The molecule has 0 aliphatic rings. The van der Waals surface area contributed by atoms with Crippen LogP contribution in [0.3, 0.4) is 0 Å². The molecule has 0 amide bonds. The van der Waals surface area contributed by atoms with Crippen LogP contribution in [0.5, 0.6) is 5.75 Å². The summed E-state index contributed by atoms with van der Waals surface area (Å²) in [6.45, 7) is 0.978. The van der Waals surface area contributed by atoms with E-state index in [2.05, 4.69) is 17.5 Å².